The molecule has 1 atom stereocenters. The Morgan fingerprint density at radius 2 is 2.09 bits per heavy atom. The standard InChI is InChI=1S/C16H26N2O3Si/c1-16(2,3)22(4,5)21-12-9-10-18(11-12)14-8-6-7-13(17-14)15(19)20/h6-8,12H,9-11H2,1-5H3,(H,19,20). The van der Waals surface area contributed by atoms with Crippen LogP contribution >= 0.6 is 0 Å². The lowest BCUT2D eigenvalue weighted by atomic mass is 10.2. The van der Waals surface area contributed by atoms with Gasteiger partial charge >= 0.3 is 5.97 Å². The Kier molecular flexibility index (Phi) is 4.63. The van der Waals surface area contributed by atoms with Gasteiger partial charge in [-0.15, -0.1) is 0 Å². The van der Waals surface area contributed by atoms with Crippen LogP contribution in [0.15, 0.2) is 18.2 Å². The third kappa shape index (κ3) is 3.67. The van der Waals surface area contributed by atoms with Crippen LogP contribution in [-0.2, 0) is 4.43 Å². The molecule has 1 aromatic rings. The first-order valence-electron chi connectivity index (χ1n) is 7.73. The molecule has 0 saturated carbocycles. The lowest BCUT2D eigenvalue weighted by Crippen LogP contribution is -2.44. The third-order valence-corrected chi connectivity index (χ3v) is 9.22. The summed E-state index contributed by atoms with van der Waals surface area (Å²) >= 11 is 0. The van der Waals surface area contributed by atoms with Crippen molar-refractivity contribution in [2.45, 2.75) is 51.4 Å². The number of carboxylic acids is 1. The fraction of sp³-hybridized carbons (Fsp3) is 0.625. The van der Waals surface area contributed by atoms with Gasteiger partial charge in [0.25, 0.3) is 0 Å². The highest BCUT2D eigenvalue weighted by Gasteiger charge is 2.40. The highest BCUT2D eigenvalue weighted by atomic mass is 28.4. The van der Waals surface area contributed by atoms with Crippen LogP contribution in [0.25, 0.3) is 0 Å². The Hall–Kier alpha value is -1.40. The zero-order valence-corrected chi connectivity index (χ0v) is 15.1. The number of aromatic carboxylic acids is 1. The third-order valence-electron chi connectivity index (χ3n) is 4.69. The number of anilines is 1. The van der Waals surface area contributed by atoms with Crippen LogP contribution in [0, 0.1) is 0 Å². The molecule has 5 nitrogen and oxygen atoms in total. The smallest absolute Gasteiger partial charge is 0.354 e. The van der Waals surface area contributed by atoms with Gasteiger partial charge in [0.2, 0.25) is 0 Å². The lowest BCUT2D eigenvalue weighted by Gasteiger charge is -2.38. The molecule has 1 fully saturated rings. The Bertz CT molecular complexity index is 555. The normalized spacial score (nSPS) is 19.5. The van der Waals surface area contributed by atoms with Gasteiger partial charge in [0, 0.05) is 13.1 Å². The number of rotatable bonds is 4. The fourth-order valence-corrected chi connectivity index (χ4v) is 3.72. The van der Waals surface area contributed by atoms with E-state index in [-0.39, 0.29) is 16.8 Å². The second kappa shape index (κ2) is 6.00. The van der Waals surface area contributed by atoms with Crippen molar-refractivity contribution in [2.75, 3.05) is 18.0 Å². The van der Waals surface area contributed by atoms with E-state index in [4.69, 9.17) is 9.53 Å². The average molecular weight is 322 g/mol. The van der Waals surface area contributed by atoms with Crippen molar-refractivity contribution in [3.63, 3.8) is 0 Å². The van der Waals surface area contributed by atoms with Crippen molar-refractivity contribution in [3.8, 4) is 0 Å². The van der Waals surface area contributed by atoms with Crippen LogP contribution in [0.5, 0.6) is 0 Å². The van der Waals surface area contributed by atoms with Crippen LogP contribution in [0.4, 0.5) is 5.82 Å². The number of pyridine rings is 1. The summed E-state index contributed by atoms with van der Waals surface area (Å²) in [6.07, 6.45) is 1.17. The van der Waals surface area contributed by atoms with Crippen LogP contribution in [0.2, 0.25) is 18.1 Å². The molecule has 0 spiro atoms. The SMILES string of the molecule is CC(C)(C)[Si](C)(C)OC1CCN(c2cccc(C(=O)O)n2)C1. The van der Waals surface area contributed by atoms with Gasteiger partial charge in [0.1, 0.15) is 5.82 Å². The molecule has 0 amide bonds. The summed E-state index contributed by atoms with van der Waals surface area (Å²) in [4.78, 5) is 17.4. The maximum Gasteiger partial charge on any atom is 0.354 e. The molecule has 0 bridgehead atoms. The molecule has 0 radical (unpaired) electrons. The minimum atomic E-state index is -1.77. The van der Waals surface area contributed by atoms with Crippen molar-refractivity contribution in [3.05, 3.63) is 23.9 Å². The molecule has 1 unspecified atom stereocenters. The van der Waals surface area contributed by atoms with E-state index in [2.05, 4.69) is 43.7 Å². The Balaban J connectivity index is 2.04. The monoisotopic (exact) mass is 322 g/mol. The fourth-order valence-electron chi connectivity index (χ4n) is 2.34. The van der Waals surface area contributed by atoms with Crippen molar-refractivity contribution in [1.82, 2.24) is 4.98 Å². The number of carbonyl (C=O) groups is 1. The van der Waals surface area contributed by atoms with E-state index in [1.165, 1.54) is 6.07 Å². The Morgan fingerprint density at radius 1 is 1.41 bits per heavy atom. The molecule has 0 aromatic carbocycles. The first-order chi connectivity index (χ1) is 10.1. The molecule has 2 rings (SSSR count). The quantitative estimate of drug-likeness (QED) is 0.861. The number of hydrogen-bond acceptors (Lipinski definition) is 4. The molecule has 1 aliphatic heterocycles. The summed E-state index contributed by atoms with van der Waals surface area (Å²) in [5.41, 5.74) is 0.0891. The van der Waals surface area contributed by atoms with Gasteiger partial charge < -0.3 is 14.4 Å². The number of hydrogen-bond donors (Lipinski definition) is 1. The second-order valence-corrected chi connectivity index (χ2v) is 12.2. The molecule has 122 valence electrons. The first-order valence-corrected chi connectivity index (χ1v) is 10.6. The van der Waals surface area contributed by atoms with Crippen molar-refractivity contribution in [1.29, 1.82) is 0 Å². The molecular weight excluding hydrogens is 296 g/mol. The number of aromatic nitrogens is 1. The van der Waals surface area contributed by atoms with E-state index in [1.54, 1.807) is 6.07 Å². The predicted octanol–water partition coefficient (Wildman–Crippen LogP) is 3.38. The van der Waals surface area contributed by atoms with E-state index in [9.17, 15) is 4.79 Å². The highest BCUT2D eigenvalue weighted by Crippen LogP contribution is 2.38. The average Bonchev–Trinajstić information content (AvgIpc) is 2.85. The minimum absolute atomic E-state index is 0.0891. The van der Waals surface area contributed by atoms with Crippen LogP contribution in [0.3, 0.4) is 0 Å². The molecule has 1 N–H and O–H groups in total. The zero-order valence-electron chi connectivity index (χ0n) is 14.1. The van der Waals surface area contributed by atoms with E-state index < -0.39 is 14.3 Å². The highest BCUT2D eigenvalue weighted by molar-refractivity contribution is 6.74. The number of carboxylic acid groups (broad SMARTS) is 1. The van der Waals surface area contributed by atoms with E-state index >= 15 is 0 Å². The van der Waals surface area contributed by atoms with Crippen molar-refractivity contribution in [2.24, 2.45) is 0 Å². The van der Waals surface area contributed by atoms with Crippen molar-refractivity contribution >= 4 is 20.1 Å². The molecule has 22 heavy (non-hydrogen) atoms. The van der Waals surface area contributed by atoms with Crippen LogP contribution in [0.1, 0.15) is 37.7 Å². The number of nitrogens with zero attached hydrogens (tertiary/aromatic N) is 2. The predicted molar refractivity (Wildman–Crippen MR) is 90.1 cm³/mol. The summed E-state index contributed by atoms with van der Waals surface area (Å²) in [7, 11) is -1.77. The van der Waals surface area contributed by atoms with E-state index in [0.29, 0.717) is 0 Å². The summed E-state index contributed by atoms with van der Waals surface area (Å²) in [5.74, 6) is -0.267. The second-order valence-electron chi connectivity index (χ2n) is 7.42. The molecule has 6 heteroatoms. The molecular formula is C16H26N2O3Si. The maximum atomic E-state index is 11.0. The van der Waals surface area contributed by atoms with Crippen LogP contribution in [-0.4, -0.2) is 43.6 Å². The molecule has 1 aromatic heterocycles. The lowest BCUT2D eigenvalue weighted by molar-refractivity contribution is 0.0690. The van der Waals surface area contributed by atoms with Gasteiger partial charge in [-0.1, -0.05) is 26.8 Å². The largest absolute Gasteiger partial charge is 0.477 e. The van der Waals surface area contributed by atoms with Gasteiger partial charge in [0.15, 0.2) is 14.0 Å². The van der Waals surface area contributed by atoms with E-state index in [0.717, 1.165) is 25.3 Å². The molecule has 0 aliphatic carbocycles. The van der Waals surface area contributed by atoms with Gasteiger partial charge in [0.05, 0.1) is 6.10 Å². The van der Waals surface area contributed by atoms with Crippen LogP contribution < -0.4 is 4.90 Å². The summed E-state index contributed by atoms with van der Waals surface area (Å²) in [5, 5.41) is 9.24. The summed E-state index contributed by atoms with van der Waals surface area (Å²) < 4.78 is 6.45. The van der Waals surface area contributed by atoms with Crippen molar-refractivity contribution < 1.29 is 14.3 Å². The van der Waals surface area contributed by atoms with Gasteiger partial charge in [-0.2, -0.15) is 0 Å². The summed E-state index contributed by atoms with van der Waals surface area (Å²) in [6.45, 7) is 12.9. The Labute approximate surface area is 133 Å². The molecule has 1 saturated heterocycles. The summed E-state index contributed by atoms with van der Waals surface area (Å²) in [6, 6.07) is 5.13. The van der Waals surface area contributed by atoms with Gasteiger partial charge in [-0.25, -0.2) is 9.78 Å². The first kappa shape index (κ1) is 17.0. The topological polar surface area (TPSA) is 62.7 Å². The Morgan fingerprint density at radius 3 is 2.68 bits per heavy atom. The zero-order chi connectivity index (χ0) is 16.5. The molecule has 2 heterocycles. The van der Waals surface area contributed by atoms with Gasteiger partial charge in [-0.3, -0.25) is 0 Å². The maximum absolute atomic E-state index is 11.0. The van der Waals surface area contributed by atoms with E-state index in [1.807, 2.05) is 6.07 Å². The minimum Gasteiger partial charge on any atom is -0.477 e. The molecule has 1 aliphatic rings. The van der Waals surface area contributed by atoms with Gasteiger partial charge in [-0.05, 0) is 36.7 Å².